The molecule has 0 saturated heterocycles. The number of benzene rings is 2. The summed E-state index contributed by atoms with van der Waals surface area (Å²) < 4.78 is 38.1. The summed E-state index contributed by atoms with van der Waals surface area (Å²) in [5.41, 5.74) is 2.21. The molecule has 0 saturated carbocycles. The number of hydrogen-bond donors (Lipinski definition) is 0. The van der Waals surface area contributed by atoms with Gasteiger partial charge in [-0.15, -0.1) is 0 Å². The van der Waals surface area contributed by atoms with Gasteiger partial charge in [0.05, 0.1) is 28.8 Å². The lowest BCUT2D eigenvalue weighted by molar-refractivity contribution is 0.602. The SMILES string of the molecule is CS(=O)(=O)c1ccc(-c2cncn2-c2cccc(F)c2)cc1. The van der Waals surface area contributed by atoms with E-state index in [1.165, 1.54) is 18.4 Å². The molecule has 0 unspecified atom stereocenters. The Labute approximate surface area is 127 Å². The molecule has 0 N–H and O–H groups in total. The van der Waals surface area contributed by atoms with Crippen LogP contribution < -0.4 is 0 Å². The number of nitrogens with zero attached hydrogens (tertiary/aromatic N) is 2. The lowest BCUT2D eigenvalue weighted by Crippen LogP contribution is -1.98. The summed E-state index contributed by atoms with van der Waals surface area (Å²) in [7, 11) is -3.23. The van der Waals surface area contributed by atoms with Gasteiger partial charge >= 0.3 is 0 Å². The zero-order chi connectivity index (χ0) is 15.7. The predicted octanol–water partition coefficient (Wildman–Crippen LogP) is 3.08. The third-order valence-electron chi connectivity index (χ3n) is 3.30. The molecule has 0 spiro atoms. The molecule has 2 aromatic carbocycles. The van der Waals surface area contributed by atoms with Crippen LogP contribution in [0.15, 0.2) is 66.0 Å². The number of imidazole rings is 1. The van der Waals surface area contributed by atoms with Gasteiger partial charge in [-0.2, -0.15) is 0 Å². The van der Waals surface area contributed by atoms with Gasteiger partial charge in [0, 0.05) is 11.8 Å². The minimum atomic E-state index is -3.23. The van der Waals surface area contributed by atoms with E-state index in [1.807, 2.05) is 0 Å². The Kier molecular flexibility index (Phi) is 3.54. The first-order valence-corrected chi connectivity index (χ1v) is 8.43. The molecule has 3 aromatic rings. The molecule has 0 fully saturated rings. The minimum absolute atomic E-state index is 0.257. The molecule has 0 amide bonds. The van der Waals surface area contributed by atoms with Gasteiger partial charge in [0.2, 0.25) is 0 Å². The average molecular weight is 316 g/mol. The van der Waals surface area contributed by atoms with Gasteiger partial charge in [-0.3, -0.25) is 4.57 Å². The summed E-state index contributed by atoms with van der Waals surface area (Å²) in [6.07, 6.45) is 4.41. The van der Waals surface area contributed by atoms with Crippen LogP contribution in [0.4, 0.5) is 4.39 Å². The Bertz CT molecular complexity index is 915. The van der Waals surface area contributed by atoms with Crippen molar-refractivity contribution in [3.63, 3.8) is 0 Å². The maximum atomic E-state index is 13.4. The first-order valence-electron chi connectivity index (χ1n) is 6.54. The highest BCUT2D eigenvalue weighted by Crippen LogP contribution is 2.24. The molecule has 0 atom stereocenters. The monoisotopic (exact) mass is 316 g/mol. The fourth-order valence-corrected chi connectivity index (χ4v) is 2.84. The van der Waals surface area contributed by atoms with Crippen molar-refractivity contribution in [3.05, 3.63) is 66.9 Å². The topological polar surface area (TPSA) is 52.0 Å². The van der Waals surface area contributed by atoms with Crippen LogP contribution in [-0.4, -0.2) is 24.2 Å². The number of rotatable bonds is 3. The van der Waals surface area contributed by atoms with E-state index in [0.29, 0.717) is 5.69 Å². The van der Waals surface area contributed by atoms with E-state index in [9.17, 15) is 12.8 Å². The zero-order valence-corrected chi connectivity index (χ0v) is 12.6. The summed E-state index contributed by atoms with van der Waals surface area (Å²) in [6.45, 7) is 0. The molecule has 0 aliphatic heterocycles. The quantitative estimate of drug-likeness (QED) is 0.746. The zero-order valence-electron chi connectivity index (χ0n) is 11.8. The van der Waals surface area contributed by atoms with E-state index in [4.69, 9.17) is 0 Å². The van der Waals surface area contributed by atoms with Crippen LogP contribution in [0, 0.1) is 5.82 Å². The second-order valence-electron chi connectivity index (χ2n) is 4.93. The standard InChI is InChI=1S/C16H13FN2O2S/c1-22(20,21)15-7-5-12(6-8-15)16-10-18-11-19(16)14-4-2-3-13(17)9-14/h2-11H,1H3. The van der Waals surface area contributed by atoms with Crippen molar-refractivity contribution in [2.24, 2.45) is 0 Å². The Morgan fingerprint density at radius 2 is 1.82 bits per heavy atom. The lowest BCUT2D eigenvalue weighted by atomic mass is 10.1. The van der Waals surface area contributed by atoms with E-state index in [1.54, 1.807) is 53.5 Å². The van der Waals surface area contributed by atoms with Crippen molar-refractivity contribution in [3.8, 4) is 16.9 Å². The summed E-state index contributed by atoms with van der Waals surface area (Å²) in [6, 6.07) is 12.7. The minimum Gasteiger partial charge on any atom is -0.299 e. The lowest BCUT2D eigenvalue weighted by Gasteiger charge is -2.09. The van der Waals surface area contributed by atoms with Gasteiger partial charge < -0.3 is 0 Å². The Morgan fingerprint density at radius 1 is 1.09 bits per heavy atom. The molecule has 0 aliphatic rings. The summed E-state index contributed by atoms with van der Waals surface area (Å²) >= 11 is 0. The van der Waals surface area contributed by atoms with E-state index < -0.39 is 9.84 Å². The van der Waals surface area contributed by atoms with Crippen molar-refractivity contribution in [2.45, 2.75) is 4.90 Å². The largest absolute Gasteiger partial charge is 0.299 e. The molecule has 1 heterocycles. The van der Waals surface area contributed by atoms with E-state index in [0.717, 1.165) is 11.3 Å². The van der Waals surface area contributed by atoms with Crippen LogP contribution in [0.2, 0.25) is 0 Å². The van der Waals surface area contributed by atoms with Gasteiger partial charge in [0.1, 0.15) is 5.82 Å². The van der Waals surface area contributed by atoms with Crippen LogP contribution in [0.5, 0.6) is 0 Å². The van der Waals surface area contributed by atoms with Crippen molar-refractivity contribution < 1.29 is 12.8 Å². The smallest absolute Gasteiger partial charge is 0.175 e. The molecule has 1 aromatic heterocycles. The third kappa shape index (κ3) is 2.78. The Balaban J connectivity index is 2.06. The van der Waals surface area contributed by atoms with Crippen LogP contribution in [0.25, 0.3) is 16.9 Å². The van der Waals surface area contributed by atoms with Crippen LogP contribution >= 0.6 is 0 Å². The summed E-state index contributed by atoms with van der Waals surface area (Å²) in [4.78, 5) is 4.36. The molecular formula is C16H13FN2O2S. The average Bonchev–Trinajstić information content (AvgIpc) is 2.96. The van der Waals surface area contributed by atoms with E-state index >= 15 is 0 Å². The van der Waals surface area contributed by atoms with Crippen LogP contribution in [-0.2, 0) is 9.84 Å². The van der Waals surface area contributed by atoms with Crippen molar-refractivity contribution in [1.82, 2.24) is 9.55 Å². The second-order valence-corrected chi connectivity index (χ2v) is 6.94. The maximum absolute atomic E-state index is 13.4. The van der Waals surface area contributed by atoms with Gasteiger partial charge in [-0.25, -0.2) is 17.8 Å². The van der Waals surface area contributed by atoms with Crippen LogP contribution in [0.1, 0.15) is 0 Å². The normalized spacial score (nSPS) is 11.5. The van der Waals surface area contributed by atoms with E-state index in [-0.39, 0.29) is 10.7 Å². The molecule has 0 aliphatic carbocycles. The first kappa shape index (κ1) is 14.5. The van der Waals surface area contributed by atoms with Crippen molar-refractivity contribution in [1.29, 1.82) is 0 Å². The maximum Gasteiger partial charge on any atom is 0.175 e. The molecule has 112 valence electrons. The third-order valence-corrected chi connectivity index (χ3v) is 4.43. The number of halogens is 1. The van der Waals surface area contributed by atoms with E-state index in [2.05, 4.69) is 4.98 Å². The molecular weight excluding hydrogens is 303 g/mol. The molecule has 6 heteroatoms. The fraction of sp³-hybridized carbons (Fsp3) is 0.0625. The van der Waals surface area contributed by atoms with Gasteiger partial charge in [0.15, 0.2) is 9.84 Å². The first-order chi connectivity index (χ1) is 10.4. The summed E-state index contributed by atoms with van der Waals surface area (Å²) in [5.74, 6) is -0.329. The van der Waals surface area contributed by atoms with Crippen molar-refractivity contribution in [2.75, 3.05) is 6.26 Å². The molecule has 0 radical (unpaired) electrons. The number of aromatic nitrogens is 2. The number of hydrogen-bond acceptors (Lipinski definition) is 3. The van der Waals surface area contributed by atoms with Gasteiger partial charge in [-0.1, -0.05) is 18.2 Å². The van der Waals surface area contributed by atoms with Gasteiger partial charge in [0.25, 0.3) is 0 Å². The molecule has 0 bridgehead atoms. The number of sulfone groups is 1. The van der Waals surface area contributed by atoms with Crippen molar-refractivity contribution >= 4 is 9.84 Å². The predicted molar refractivity (Wildman–Crippen MR) is 82.1 cm³/mol. The van der Waals surface area contributed by atoms with Crippen LogP contribution in [0.3, 0.4) is 0 Å². The van der Waals surface area contributed by atoms with Gasteiger partial charge in [-0.05, 0) is 30.3 Å². The fourth-order valence-electron chi connectivity index (χ4n) is 2.21. The Morgan fingerprint density at radius 3 is 2.45 bits per heavy atom. The highest BCUT2D eigenvalue weighted by molar-refractivity contribution is 7.90. The molecule has 3 rings (SSSR count). The highest BCUT2D eigenvalue weighted by atomic mass is 32.2. The molecule has 22 heavy (non-hydrogen) atoms. The molecule has 4 nitrogen and oxygen atoms in total. The second kappa shape index (κ2) is 5.38. The summed E-state index contributed by atoms with van der Waals surface area (Å²) in [5, 5.41) is 0. The Hall–Kier alpha value is -2.47. The highest BCUT2D eigenvalue weighted by Gasteiger charge is 2.10.